The van der Waals surface area contributed by atoms with Crippen LogP contribution in [0.5, 0.6) is 0 Å². The van der Waals surface area contributed by atoms with Gasteiger partial charge < -0.3 is 14.6 Å². The predicted molar refractivity (Wildman–Crippen MR) is 75.2 cm³/mol. The number of carbonyl (C=O) groups excluding carboxylic acids is 1. The van der Waals surface area contributed by atoms with Crippen LogP contribution in [0.3, 0.4) is 0 Å². The second-order valence-corrected chi connectivity index (χ2v) is 6.02. The number of amides is 1. The highest BCUT2D eigenvalue weighted by atomic mass is 16.3. The van der Waals surface area contributed by atoms with Crippen LogP contribution in [-0.2, 0) is 0 Å². The lowest BCUT2D eigenvalue weighted by atomic mass is 9.93. The van der Waals surface area contributed by atoms with Gasteiger partial charge in [-0.25, -0.2) is 0 Å². The molecule has 1 amide bonds. The number of nitrogens with zero attached hydrogens (tertiary/aromatic N) is 2. The number of aromatic nitrogens is 1. The van der Waals surface area contributed by atoms with Crippen molar-refractivity contribution in [2.45, 2.75) is 51.7 Å². The number of likely N-dealkylation sites (N-methyl/N-ethyl adjacent to an activating group) is 1. The Kier molecular flexibility index (Phi) is 3.99. The zero-order chi connectivity index (χ0) is 14.0. The van der Waals surface area contributed by atoms with Gasteiger partial charge in [0.05, 0.1) is 5.60 Å². The van der Waals surface area contributed by atoms with Crippen LogP contribution in [0, 0.1) is 0 Å². The lowest BCUT2D eigenvalue weighted by molar-refractivity contribution is 0.0306. The maximum absolute atomic E-state index is 12.6. The fourth-order valence-electron chi connectivity index (χ4n) is 2.51. The summed E-state index contributed by atoms with van der Waals surface area (Å²) in [6, 6.07) is 4.30. The first-order valence-electron chi connectivity index (χ1n) is 7.11. The van der Waals surface area contributed by atoms with Gasteiger partial charge in [-0.15, -0.1) is 0 Å². The minimum atomic E-state index is -0.862. The highest BCUT2D eigenvalue weighted by Crippen LogP contribution is 2.33. The fourth-order valence-corrected chi connectivity index (χ4v) is 2.51. The Hall–Kier alpha value is -1.29. The highest BCUT2D eigenvalue weighted by molar-refractivity contribution is 5.92. The van der Waals surface area contributed by atoms with Crippen molar-refractivity contribution in [2.24, 2.45) is 0 Å². The molecule has 1 heterocycles. The zero-order valence-corrected chi connectivity index (χ0v) is 12.1. The van der Waals surface area contributed by atoms with Gasteiger partial charge in [-0.2, -0.15) is 0 Å². The first kappa shape index (κ1) is 14.1. The quantitative estimate of drug-likeness (QED) is 0.888. The molecule has 0 atom stereocenters. The van der Waals surface area contributed by atoms with Gasteiger partial charge in [0.15, 0.2) is 0 Å². The Bertz CT molecular complexity index is 441. The number of carbonyl (C=O) groups is 1. The van der Waals surface area contributed by atoms with Crippen LogP contribution in [0.1, 0.15) is 56.6 Å². The van der Waals surface area contributed by atoms with Crippen LogP contribution < -0.4 is 0 Å². The third kappa shape index (κ3) is 3.18. The number of aliphatic hydroxyl groups is 1. The maximum Gasteiger partial charge on any atom is 0.270 e. The summed E-state index contributed by atoms with van der Waals surface area (Å²) >= 11 is 0. The molecule has 4 heteroatoms. The molecule has 0 saturated heterocycles. The lowest BCUT2D eigenvalue weighted by Gasteiger charge is -2.32. The minimum Gasteiger partial charge on any atom is -0.389 e. The topological polar surface area (TPSA) is 45.5 Å². The molecule has 1 aromatic rings. The monoisotopic (exact) mass is 264 g/mol. The van der Waals surface area contributed by atoms with Gasteiger partial charge in [0.2, 0.25) is 0 Å². The molecule has 0 spiro atoms. The van der Waals surface area contributed by atoms with E-state index in [4.69, 9.17) is 0 Å². The molecule has 0 radical (unpaired) electrons. The highest BCUT2D eigenvalue weighted by Gasteiger charge is 2.27. The van der Waals surface area contributed by atoms with Crippen molar-refractivity contribution in [3.05, 3.63) is 24.0 Å². The molecule has 4 nitrogen and oxygen atoms in total. The normalized spacial score (nSPS) is 16.2. The second-order valence-electron chi connectivity index (χ2n) is 6.02. The summed E-state index contributed by atoms with van der Waals surface area (Å²) in [6.45, 7) is 6.37. The van der Waals surface area contributed by atoms with Crippen molar-refractivity contribution in [3.8, 4) is 0 Å². The number of hydrogen-bond acceptors (Lipinski definition) is 2. The summed E-state index contributed by atoms with van der Waals surface area (Å²) in [5.74, 6) is 0.0153. The van der Waals surface area contributed by atoms with E-state index in [1.807, 2.05) is 25.3 Å². The average Bonchev–Trinajstić information content (AvgIpc) is 2.70. The Labute approximate surface area is 115 Å². The molecule has 0 unspecified atom stereocenters. The Morgan fingerprint density at radius 3 is 2.68 bits per heavy atom. The van der Waals surface area contributed by atoms with E-state index in [0.29, 0.717) is 19.1 Å². The third-order valence-electron chi connectivity index (χ3n) is 3.71. The van der Waals surface area contributed by atoms with Crippen LogP contribution in [0.2, 0.25) is 0 Å². The van der Waals surface area contributed by atoms with Crippen LogP contribution in [0.25, 0.3) is 0 Å². The van der Waals surface area contributed by atoms with E-state index >= 15 is 0 Å². The minimum absolute atomic E-state index is 0.0153. The molecule has 1 saturated carbocycles. The lowest BCUT2D eigenvalue weighted by Crippen LogP contribution is -2.43. The van der Waals surface area contributed by atoms with Crippen molar-refractivity contribution in [1.82, 2.24) is 9.47 Å². The van der Waals surface area contributed by atoms with Crippen LogP contribution in [-0.4, -0.2) is 39.2 Å². The molecular weight excluding hydrogens is 240 g/mol. The van der Waals surface area contributed by atoms with E-state index in [1.54, 1.807) is 18.7 Å². The van der Waals surface area contributed by atoms with E-state index in [0.717, 1.165) is 18.5 Å². The summed E-state index contributed by atoms with van der Waals surface area (Å²) in [5, 5.41) is 9.90. The first-order chi connectivity index (χ1) is 8.92. The van der Waals surface area contributed by atoms with Crippen molar-refractivity contribution in [3.63, 3.8) is 0 Å². The van der Waals surface area contributed by atoms with Gasteiger partial charge in [0.1, 0.15) is 5.69 Å². The van der Waals surface area contributed by atoms with Crippen LogP contribution in [0.4, 0.5) is 0 Å². The largest absolute Gasteiger partial charge is 0.389 e. The molecule has 1 aliphatic carbocycles. The summed E-state index contributed by atoms with van der Waals surface area (Å²) in [6.07, 6.45) is 5.56. The molecule has 1 fully saturated rings. The molecule has 0 aromatic carbocycles. The molecule has 106 valence electrons. The van der Waals surface area contributed by atoms with Gasteiger partial charge in [-0.1, -0.05) is 0 Å². The second kappa shape index (κ2) is 5.37. The van der Waals surface area contributed by atoms with Gasteiger partial charge in [-0.05, 0) is 52.2 Å². The summed E-state index contributed by atoms with van der Waals surface area (Å²) in [7, 11) is 0. The smallest absolute Gasteiger partial charge is 0.270 e. The summed E-state index contributed by atoms with van der Waals surface area (Å²) < 4.78 is 2.10. The van der Waals surface area contributed by atoms with Crippen molar-refractivity contribution >= 4 is 5.91 Å². The van der Waals surface area contributed by atoms with Crippen LogP contribution >= 0.6 is 0 Å². The van der Waals surface area contributed by atoms with E-state index in [9.17, 15) is 9.90 Å². The molecular formula is C15H24N2O2. The fraction of sp³-hybridized carbons (Fsp3) is 0.667. The number of hydrogen-bond donors (Lipinski definition) is 1. The SMILES string of the molecule is CCN(CC(C)(C)O)C(=O)c1cccn1C1CCC1. The molecule has 1 aliphatic rings. The molecule has 0 bridgehead atoms. The van der Waals surface area contributed by atoms with Gasteiger partial charge >= 0.3 is 0 Å². The molecule has 2 rings (SSSR count). The predicted octanol–water partition coefficient (Wildman–Crippen LogP) is 2.45. The maximum atomic E-state index is 12.6. The van der Waals surface area contributed by atoms with Gasteiger partial charge in [-0.3, -0.25) is 4.79 Å². The van der Waals surface area contributed by atoms with E-state index in [-0.39, 0.29) is 5.91 Å². The van der Waals surface area contributed by atoms with Gasteiger partial charge in [0.25, 0.3) is 5.91 Å². The standard InChI is InChI=1S/C15H24N2O2/c1-4-16(11-15(2,3)19)14(18)13-9-6-10-17(13)12-7-5-8-12/h6,9-10,12,19H,4-5,7-8,11H2,1-3H3. The third-order valence-corrected chi connectivity index (χ3v) is 3.71. The first-order valence-corrected chi connectivity index (χ1v) is 7.11. The van der Waals surface area contributed by atoms with E-state index in [1.165, 1.54) is 6.42 Å². The number of rotatable bonds is 5. The average molecular weight is 264 g/mol. The Balaban J connectivity index is 2.15. The molecule has 0 aliphatic heterocycles. The Morgan fingerprint density at radius 2 is 2.21 bits per heavy atom. The van der Waals surface area contributed by atoms with Crippen LogP contribution in [0.15, 0.2) is 18.3 Å². The zero-order valence-electron chi connectivity index (χ0n) is 12.1. The van der Waals surface area contributed by atoms with E-state index < -0.39 is 5.60 Å². The van der Waals surface area contributed by atoms with Crippen molar-refractivity contribution in [1.29, 1.82) is 0 Å². The molecule has 1 N–H and O–H groups in total. The summed E-state index contributed by atoms with van der Waals surface area (Å²) in [5.41, 5.74) is -0.115. The van der Waals surface area contributed by atoms with Crippen molar-refractivity contribution in [2.75, 3.05) is 13.1 Å². The van der Waals surface area contributed by atoms with E-state index in [2.05, 4.69) is 4.57 Å². The molecule has 19 heavy (non-hydrogen) atoms. The van der Waals surface area contributed by atoms with Crippen molar-refractivity contribution < 1.29 is 9.90 Å². The van der Waals surface area contributed by atoms with Gasteiger partial charge in [0, 0.05) is 25.3 Å². The molecule has 1 aromatic heterocycles. The Morgan fingerprint density at radius 1 is 1.53 bits per heavy atom. The summed E-state index contributed by atoms with van der Waals surface area (Å²) in [4.78, 5) is 14.3.